The van der Waals surface area contributed by atoms with Crippen molar-refractivity contribution in [1.29, 1.82) is 0 Å². The zero-order valence-corrected chi connectivity index (χ0v) is 14.8. The molecule has 0 spiro atoms. The fourth-order valence-corrected chi connectivity index (χ4v) is 3.72. The second kappa shape index (κ2) is 7.02. The van der Waals surface area contributed by atoms with E-state index < -0.39 is 30.2 Å². The number of amides is 4. The summed E-state index contributed by atoms with van der Waals surface area (Å²) >= 11 is 0. The van der Waals surface area contributed by atoms with Crippen molar-refractivity contribution in [2.24, 2.45) is 0 Å². The van der Waals surface area contributed by atoms with E-state index in [2.05, 4.69) is 0 Å². The van der Waals surface area contributed by atoms with Gasteiger partial charge in [0.2, 0.25) is 0 Å². The van der Waals surface area contributed by atoms with Crippen LogP contribution in [0.25, 0.3) is 0 Å². The number of carbonyl (C=O) groups is 4. The van der Waals surface area contributed by atoms with E-state index in [0.717, 1.165) is 29.1 Å². The van der Waals surface area contributed by atoms with Gasteiger partial charge in [-0.1, -0.05) is 12.8 Å². The Bertz CT molecular complexity index is 814. The molecule has 142 valence electrons. The largest absolute Gasteiger partial charge is 0.490 e. The Labute approximate surface area is 156 Å². The van der Waals surface area contributed by atoms with E-state index in [4.69, 9.17) is 9.47 Å². The van der Waals surface area contributed by atoms with E-state index in [-0.39, 0.29) is 6.04 Å². The maximum Gasteiger partial charge on any atom is 0.334 e. The fraction of sp³-hybridized carbons (Fsp3) is 0.474. The molecule has 2 heterocycles. The standard InChI is InChI=1S/C19H20N2O6/c22-14(12-6-7-15-16(10-12)27-9-3-8-26-15)11-20-17(23)18(24)21(19(20)25)13-4-1-2-5-13/h6-7,10,13H,1-5,8-9,11H2. The predicted octanol–water partition coefficient (Wildman–Crippen LogP) is 1.76. The molecule has 2 aliphatic heterocycles. The maximum absolute atomic E-state index is 12.6. The van der Waals surface area contributed by atoms with Gasteiger partial charge >= 0.3 is 17.8 Å². The Morgan fingerprint density at radius 1 is 0.963 bits per heavy atom. The minimum Gasteiger partial charge on any atom is -0.490 e. The van der Waals surface area contributed by atoms with Crippen molar-refractivity contribution in [2.45, 2.75) is 38.1 Å². The Morgan fingerprint density at radius 3 is 2.41 bits per heavy atom. The predicted molar refractivity (Wildman–Crippen MR) is 92.6 cm³/mol. The van der Waals surface area contributed by atoms with Crippen LogP contribution in [0.5, 0.6) is 11.5 Å². The summed E-state index contributed by atoms with van der Waals surface area (Å²) in [5.74, 6) is -1.19. The van der Waals surface area contributed by atoms with Crippen molar-refractivity contribution >= 4 is 23.6 Å². The number of urea groups is 1. The Balaban J connectivity index is 1.51. The van der Waals surface area contributed by atoms with Crippen molar-refractivity contribution < 1.29 is 28.7 Å². The normalized spacial score (nSPS) is 20.4. The van der Waals surface area contributed by atoms with Crippen LogP contribution in [0.15, 0.2) is 18.2 Å². The second-order valence-corrected chi connectivity index (χ2v) is 6.92. The number of ether oxygens (including phenoxy) is 2. The molecule has 1 saturated carbocycles. The van der Waals surface area contributed by atoms with Crippen LogP contribution < -0.4 is 9.47 Å². The molecule has 4 rings (SSSR count). The summed E-state index contributed by atoms with van der Waals surface area (Å²) in [5, 5.41) is 0. The van der Waals surface area contributed by atoms with E-state index in [1.807, 2.05) is 0 Å². The average Bonchev–Trinajstić information content (AvgIpc) is 3.16. The summed E-state index contributed by atoms with van der Waals surface area (Å²) in [7, 11) is 0. The number of benzene rings is 1. The molecule has 27 heavy (non-hydrogen) atoms. The summed E-state index contributed by atoms with van der Waals surface area (Å²) < 4.78 is 11.1. The lowest BCUT2D eigenvalue weighted by atomic mass is 10.1. The van der Waals surface area contributed by atoms with Crippen molar-refractivity contribution in [3.8, 4) is 11.5 Å². The van der Waals surface area contributed by atoms with E-state index in [9.17, 15) is 19.2 Å². The number of hydrogen-bond acceptors (Lipinski definition) is 6. The molecular formula is C19H20N2O6. The van der Waals surface area contributed by atoms with Gasteiger partial charge in [0, 0.05) is 18.0 Å². The first-order valence-corrected chi connectivity index (χ1v) is 9.18. The van der Waals surface area contributed by atoms with E-state index in [1.54, 1.807) is 18.2 Å². The van der Waals surface area contributed by atoms with Gasteiger partial charge in [0.05, 0.1) is 19.8 Å². The van der Waals surface area contributed by atoms with Crippen LogP contribution in [0.1, 0.15) is 42.5 Å². The lowest BCUT2D eigenvalue weighted by Gasteiger charge is -2.20. The zero-order valence-electron chi connectivity index (χ0n) is 14.8. The van der Waals surface area contributed by atoms with Crippen molar-refractivity contribution in [1.82, 2.24) is 9.80 Å². The first kappa shape index (κ1) is 17.5. The SMILES string of the molecule is O=C(CN1C(=O)C(=O)N(C2CCCC2)C1=O)c1ccc2c(c1)OCCCO2. The van der Waals surface area contributed by atoms with E-state index in [1.165, 1.54) is 0 Å². The summed E-state index contributed by atoms with van der Waals surface area (Å²) in [4.78, 5) is 51.4. The summed E-state index contributed by atoms with van der Waals surface area (Å²) in [5.41, 5.74) is 0.298. The van der Waals surface area contributed by atoms with Gasteiger partial charge in [-0.2, -0.15) is 0 Å². The highest BCUT2D eigenvalue weighted by molar-refractivity contribution is 6.45. The van der Waals surface area contributed by atoms with Crippen LogP contribution in [-0.4, -0.2) is 59.2 Å². The number of rotatable bonds is 4. The molecule has 2 fully saturated rings. The second-order valence-electron chi connectivity index (χ2n) is 6.92. The highest BCUT2D eigenvalue weighted by Crippen LogP contribution is 2.31. The third-order valence-electron chi connectivity index (χ3n) is 5.14. The topological polar surface area (TPSA) is 93.2 Å². The molecule has 0 unspecified atom stereocenters. The summed E-state index contributed by atoms with van der Waals surface area (Å²) in [6.07, 6.45) is 4.00. The van der Waals surface area contributed by atoms with Gasteiger partial charge in [-0.05, 0) is 31.0 Å². The molecule has 0 atom stereocenters. The first-order valence-electron chi connectivity index (χ1n) is 9.18. The molecule has 1 aliphatic carbocycles. The number of hydrogen-bond donors (Lipinski definition) is 0. The molecule has 0 aromatic heterocycles. The van der Waals surface area contributed by atoms with E-state index in [0.29, 0.717) is 43.1 Å². The van der Waals surface area contributed by atoms with E-state index >= 15 is 0 Å². The molecule has 0 radical (unpaired) electrons. The van der Waals surface area contributed by atoms with Gasteiger partial charge in [0.1, 0.15) is 0 Å². The van der Waals surface area contributed by atoms with Gasteiger partial charge in [-0.3, -0.25) is 19.3 Å². The lowest BCUT2D eigenvalue weighted by molar-refractivity contribution is -0.143. The molecule has 8 heteroatoms. The van der Waals surface area contributed by atoms with Crippen LogP contribution in [-0.2, 0) is 9.59 Å². The summed E-state index contributed by atoms with van der Waals surface area (Å²) in [6, 6.07) is 3.81. The number of nitrogens with zero attached hydrogens (tertiary/aromatic N) is 2. The molecule has 1 aromatic rings. The van der Waals surface area contributed by atoms with Gasteiger partial charge in [-0.15, -0.1) is 0 Å². The highest BCUT2D eigenvalue weighted by atomic mass is 16.5. The molecule has 8 nitrogen and oxygen atoms in total. The average molecular weight is 372 g/mol. The quantitative estimate of drug-likeness (QED) is 0.454. The minimum atomic E-state index is -0.936. The van der Waals surface area contributed by atoms with Crippen molar-refractivity contribution in [3.63, 3.8) is 0 Å². The third-order valence-corrected chi connectivity index (χ3v) is 5.14. The molecule has 4 amide bonds. The van der Waals surface area contributed by atoms with Crippen molar-refractivity contribution in [3.05, 3.63) is 23.8 Å². The monoisotopic (exact) mass is 372 g/mol. The van der Waals surface area contributed by atoms with Crippen LogP contribution in [0.3, 0.4) is 0 Å². The Hall–Kier alpha value is -2.90. The van der Waals surface area contributed by atoms with Crippen LogP contribution in [0, 0.1) is 0 Å². The fourth-order valence-electron chi connectivity index (χ4n) is 3.72. The Morgan fingerprint density at radius 2 is 1.67 bits per heavy atom. The number of imide groups is 2. The van der Waals surface area contributed by atoms with Gasteiger partial charge in [0.15, 0.2) is 17.3 Å². The minimum absolute atomic E-state index is 0.243. The van der Waals surface area contributed by atoms with Crippen LogP contribution in [0.2, 0.25) is 0 Å². The number of Topliss-reactive ketones (excluding diaryl/α,β-unsaturated/α-hetero) is 1. The van der Waals surface area contributed by atoms with Gasteiger partial charge < -0.3 is 9.47 Å². The third kappa shape index (κ3) is 3.15. The molecular weight excluding hydrogens is 352 g/mol. The Kier molecular flexibility index (Phi) is 4.55. The molecule has 1 aromatic carbocycles. The zero-order chi connectivity index (χ0) is 19.0. The maximum atomic E-state index is 12.6. The molecule has 3 aliphatic rings. The van der Waals surface area contributed by atoms with Gasteiger partial charge in [-0.25, -0.2) is 9.69 Å². The van der Waals surface area contributed by atoms with Gasteiger partial charge in [0.25, 0.3) is 0 Å². The highest BCUT2D eigenvalue weighted by Gasteiger charge is 2.48. The van der Waals surface area contributed by atoms with Crippen LogP contribution >= 0.6 is 0 Å². The summed E-state index contributed by atoms with van der Waals surface area (Å²) in [6.45, 7) is 0.557. The lowest BCUT2D eigenvalue weighted by Crippen LogP contribution is -2.41. The first-order chi connectivity index (χ1) is 13.1. The number of carbonyl (C=O) groups excluding carboxylic acids is 4. The van der Waals surface area contributed by atoms with Crippen LogP contribution in [0.4, 0.5) is 4.79 Å². The molecule has 0 bridgehead atoms. The number of fused-ring (bicyclic) bond motifs is 1. The smallest absolute Gasteiger partial charge is 0.334 e. The molecule has 0 N–H and O–H groups in total. The molecule has 1 saturated heterocycles. The number of ketones is 1. The van der Waals surface area contributed by atoms with Crippen molar-refractivity contribution in [2.75, 3.05) is 19.8 Å².